The quantitative estimate of drug-likeness (QED) is 0.693. The topological polar surface area (TPSA) is 59.1 Å². The standard InChI is InChI=1S/C26H28F2N2O2/c1-26-11-9-18-17-3-2-4-21(28)19(17)6-7-20(18)25(26)15(13-22(26)31)5-8-24(32)30-23-14-16(27)10-12-29-23/h2-4,10,12,14-15,18,20,25H,5-9,11,13H2,1H3,(H,29,30,32)/t15-,18?,20?,25?,26-/m1/s1. The molecule has 0 bridgehead atoms. The number of carbonyl (C=O) groups is 2. The number of nitrogens with one attached hydrogen (secondary N) is 1. The van der Waals surface area contributed by atoms with Crippen LogP contribution < -0.4 is 5.32 Å². The molecular formula is C26H28F2N2O2. The maximum absolute atomic E-state index is 14.4. The molecule has 0 radical (unpaired) electrons. The summed E-state index contributed by atoms with van der Waals surface area (Å²) in [6.45, 7) is 2.11. The molecule has 3 aliphatic rings. The molecule has 5 rings (SSSR count). The largest absolute Gasteiger partial charge is 0.311 e. The molecule has 3 aliphatic carbocycles. The van der Waals surface area contributed by atoms with Crippen LogP contribution in [0.15, 0.2) is 36.5 Å². The van der Waals surface area contributed by atoms with E-state index in [0.717, 1.165) is 30.4 Å². The summed E-state index contributed by atoms with van der Waals surface area (Å²) in [4.78, 5) is 29.5. The van der Waals surface area contributed by atoms with Crippen LogP contribution in [0.4, 0.5) is 14.6 Å². The summed E-state index contributed by atoms with van der Waals surface area (Å²) in [7, 11) is 0. The Balaban J connectivity index is 1.33. The average Bonchev–Trinajstić information content (AvgIpc) is 3.02. The number of carbonyl (C=O) groups excluding carboxylic acids is 2. The lowest BCUT2D eigenvalue weighted by Crippen LogP contribution is -2.44. The zero-order chi connectivity index (χ0) is 22.5. The number of pyridine rings is 1. The number of nitrogens with zero attached hydrogens (tertiary/aromatic N) is 1. The van der Waals surface area contributed by atoms with E-state index in [9.17, 15) is 18.4 Å². The van der Waals surface area contributed by atoms with Crippen molar-refractivity contribution in [2.24, 2.45) is 23.2 Å². The van der Waals surface area contributed by atoms with Gasteiger partial charge in [0.05, 0.1) is 0 Å². The zero-order valence-corrected chi connectivity index (χ0v) is 18.2. The summed E-state index contributed by atoms with van der Waals surface area (Å²) in [6.07, 6.45) is 6.05. The molecule has 32 heavy (non-hydrogen) atoms. The van der Waals surface area contributed by atoms with Crippen molar-refractivity contribution in [2.75, 3.05) is 5.32 Å². The van der Waals surface area contributed by atoms with E-state index in [4.69, 9.17) is 0 Å². The third-order valence-corrected chi connectivity index (χ3v) is 8.29. The normalized spacial score (nSPS) is 30.9. The number of Topliss-reactive ketones (excluding diaryl/α,β-unsaturated/α-hetero) is 1. The summed E-state index contributed by atoms with van der Waals surface area (Å²) in [5, 5.41) is 2.66. The number of fused-ring (bicyclic) bond motifs is 5. The van der Waals surface area contributed by atoms with Gasteiger partial charge in [0, 0.05) is 30.5 Å². The molecule has 4 nitrogen and oxygen atoms in total. The highest BCUT2D eigenvalue weighted by Gasteiger charge is 2.58. The molecule has 2 saturated carbocycles. The molecule has 1 aromatic carbocycles. The number of anilines is 1. The van der Waals surface area contributed by atoms with E-state index in [1.54, 1.807) is 12.1 Å². The number of amides is 1. The lowest BCUT2D eigenvalue weighted by molar-refractivity contribution is -0.129. The zero-order valence-electron chi connectivity index (χ0n) is 18.2. The van der Waals surface area contributed by atoms with Crippen molar-refractivity contribution in [1.29, 1.82) is 0 Å². The molecule has 6 heteroatoms. The number of benzene rings is 1. The second-order valence-electron chi connectivity index (χ2n) is 9.93. The molecule has 2 fully saturated rings. The molecule has 168 valence electrons. The first-order valence-electron chi connectivity index (χ1n) is 11.6. The van der Waals surface area contributed by atoms with Crippen molar-refractivity contribution in [3.05, 3.63) is 59.3 Å². The minimum atomic E-state index is -0.449. The van der Waals surface area contributed by atoms with Gasteiger partial charge in [0.2, 0.25) is 5.91 Å². The van der Waals surface area contributed by atoms with E-state index in [0.29, 0.717) is 31.0 Å². The van der Waals surface area contributed by atoms with Gasteiger partial charge in [-0.1, -0.05) is 19.1 Å². The molecule has 1 heterocycles. The van der Waals surface area contributed by atoms with Crippen LogP contribution in [-0.2, 0) is 16.0 Å². The Kier molecular flexibility index (Phi) is 5.34. The molecular weight excluding hydrogens is 410 g/mol. The van der Waals surface area contributed by atoms with Crippen LogP contribution in [0, 0.1) is 34.8 Å². The van der Waals surface area contributed by atoms with Crippen LogP contribution in [0.1, 0.15) is 62.5 Å². The van der Waals surface area contributed by atoms with E-state index >= 15 is 0 Å². The number of halogens is 2. The molecule has 1 aromatic heterocycles. The molecule has 3 unspecified atom stereocenters. The summed E-state index contributed by atoms with van der Waals surface area (Å²) in [5.41, 5.74) is 1.62. The Labute approximate surface area is 186 Å². The van der Waals surface area contributed by atoms with Crippen LogP contribution >= 0.6 is 0 Å². The molecule has 2 aromatic rings. The number of ketones is 1. The van der Waals surface area contributed by atoms with Crippen molar-refractivity contribution < 1.29 is 18.4 Å². The second-order valence-corrected chi connectivity index (χ2v) is 9.93. The Morgan fingerprint density at radius 2 is 2.09 bits per heavy atom. The first-order valence-corrected chi connectivity index (χ1v) is 11.6. The Hall–Kier alpha value is -2.63. The average molecular weight is 439 g/mol. The summed E-state index contributed by atoms with van der Waals surface area (Å²) in [6, 6.07) is 7.82. The first kappa shape index (κ1) is 21.2. The number of hydrogen-bond acceptors (Lipinski definition) is 3. The molecule has 0 aliphatic heterocycles. The molecule has 1 amide bonds. The molecule has 5 atom stereocenters. The van der Waals surface area contributed by atoms with E-state index in [2.05, 4.69) is 23.3 Å². The van der Waals surface area contributed by atoms with Gasteiger partial charge in [-0.05, 0) is 79.0 Å². The van der Waals surface area contributed by atoms with E-state index in [-0.39, 0.29) is 47.1 Å². The SMILES string of the molecule is C[C@]12CCC3c4cccc(F)c4CCC3C1[C@H](CCC(=O)Nc1cc(F)ccn1)CC2=O. The number of hydrogen-bond donors (Lipinski definition) is 1. The van der Waals surface area contributed by atoms with Crippen molar-refractivity contribution in [3.8, 4) is 0 Å². The predicted octanol–water partition coefficient (Wildman–Crippen LogP) is 5.43. The molecule has 0 spiro atoms. The number of aromatic nitrogens is 1. The van der Waals surface area contributed by atoms with Gasteiger partial charge >= 0.3 is 0 Å². The van der Waals surface area contributed by atoms with Gasteiger partial charge in [0.25, 0.3) is 0 Å². The van der Waals surface area contributed by atoms with Gasteiger partial charge in [-0.3, -0.25) is 9.59 Å². The maximum atomic E-state index is 14.4. The van der Waals surface area contributed by atoms with Crippen LogP contribution in [0.5, 0.6) is 0 Å². The summed E-state index contributed by atoms with van der Waals surface area (Å²) < 4.78 is 27.8. The van der Waals surface area contributed by atoms with E-state index in [1.165, 1.54) is 18.3 Å². The minimum absolute atomic E-state index is 0.115. The van der Waals surface area contributed by atoms with Gasteiger partial charge in [-0.25, -0.2) is 13.8 Å². The van der Waals surface area contributed by atoms with Gasteiger partial charge in [0.15, 0.2) is 0 Å². The Morgan fingerprint density at radius 1 is 1.25 bits per heavy atom. The fraction of sp³-hybridized carbons (Fsp3) is 0.500. The van der Waals surface area contributed by atoms with Crippen molar-refractivity contribution in [2.45, 2.75) is 57.8 Å². The highest BCUT2D eigenvalue weighted by molar-refractivity contribution is 5.90. The van der Waals surface area contributed by atoms with Crippen LogP contribution in [-0.4, -0.2) is 16.7 Å². The monoisotopic (exact) mass is 438 g/mol. The summed E-state index contributed by atoms with van der Waals surface area (Å²) in [5.74, 6) is 0.706. The lowest BCUT2D eigenvalue weighted by atomic mass is 9.54. The molecule has 1 N–H and O–H groups in total. The fourth-order valence-corrected chi connectivity index (χ4v) is 6.89. The summed E-state index contributed by atoms with van der Waals surface area (Å²) >= 11 is 0. The third-order valence-electron chi connectivity index (χ3n) is 8.29. The first-order chi connectivity index (χ1) is 15.4. The Morgan fingerprint density at radius 3 is 2.91 bits per heavy atom. The van der Waals surface area contributed by atoms with Crippen molar-refractivity contribution >= 4 is 17.5 Å². The molecule has 0 saturated heterocycles. The van der Waals surface area contributed by atoms with E-state index < -0.39 is 5.82 Å². The van der Waals surface area contributed by atoms with Crippen molar-refractivity contribution in [1.82, 2.24) is 4.98 Å². The lowest BCUT2D eigenvalue weighted by Gasteiger charge is -2.50. The third kappa shape index (κ3) is 3.54. The van der Waals surface area contributed by atoms with Gasteiger partial charge < -0.3 is 5.32 Å². The minimum Gasteiger partial charge on any atom is -0.311 e. The fourth-order valence-electron chi connectivity index (χ4n) is 6.89. The van der Waals surface area contributed by atoms with Crippen LogP contribution in [0.3, 0.4) is 0 Å². The second kappa shape index (κ2) is 8.05. The van der Waals surface area contributed by atoms with Crippen LogP contribution in [0.25, 0.3) is 0 Å². The smallest absolute Gasteiger partial charge is 0.225 e. The van der Waals surface area contributed by atoms with Crippen LogP contribution in [0.2, 0.25) is 0 Å². The highest BCUT2D eigenvalue weighted by Crippen LogP contribution is 2.62. The maximum Gasteiger partial charge on any atom is 0.225 e. The van der Waals surface area contributed by atoms with E-state index in [1.807, 2.05) is 0 Å². The van der Waals surface area contributed by atoms with Gasteiger partial charge in [0.1, 0.15) is 23.2 Å². The van der Waals surface area contributed by atoms with Crippen molar-refractivity contribution in [3.63, 3.8) is 0 Å². The predicted molar refractivity (Wildman–Crippen MR) is 117 cm³/mol. The highest BCUT2D eigenvalue weighted by atomic mass is 19.1. The van der Waals surface area contributed by atoms with Gasteiger partial charge in [-0.2, -0.15) is 0 Å². The van der Waals surface area contributed by atoms with Gasteiger partial charge in [-0.15, -0.1) is 0 Å². The Bertz CT molecular complexity index is 1070. The number of rotatable bonds is 4.